The molecule has 0 aromatic heterocycles. The van der Waals surface area contributed by atoms with Crippen molar-refractivity contribution in [2.75, 3.05) is 0 Å². The zero-order chi connectivity index (χ0) is 17.5. The van der Waals surface area contributed by atoms with Crippen LogP contribution < -0.4 is 4.74 Å². The van der Waals surface area contributed by atoms with E-state index in [0.29, 0.717) is 11.1 Å². The number of aliphatic carboxylic acids is 1. The number of ketones is 1. The van der Waals surface area contributed by atoms with Crippen LogP contribution in [0.15, 0.2) is 36.4 Å². The van der Waals surface area contributed by atoms with Crippen molar-refractivity contribution < 1.29 is 32.6 Å². The van der Waals surface area contributed by atoms with E-state index in [4.69, 9.17) is 9.84 Å². The second-order valence-electron chi connectivity index (χ2n) is 5.39. The van der Waals surface area contributed by atoms with Gasteiger partial charge in [0.2, 0.25) is 0 Å². The first-order valence-electron chi connectivity index (χ1n) is 6.98. The summed E-state index contributed by atoms with van der Waals surface area (Å²) >= 11 is 0. The Kier molecular flexibility index (Phi) is 3.79. The summed E-state index contributed by atoms with van der Waals surface area (Å²) in [6, 6.07) is 7.25. The Morgan fingerprint density at radius 3 is 2.54 bits per heavy atom. The summed E-state index contributed by atoms with van der Waals surface area (Å²) in [5, 5.41) is 8.83. The zero-order valence-electron chi connectivity index (χ0n) is 12.2. The van der Waals surface area contributed by atoms with Gasteiger partial charge in [-0.15, -0.1) is 0 Å². The summed E-state index contributed by atoms with van der Waals surface area (Å²) in [6.07, 6.45) is -4.85. The minimum absolute atomic E-state index is 0.0372. The predicted octanol–water partition coefficient (Wildman–Crippen LogP) is 3.46. The monoisotopic (exact) mass is 336 g/mol. The molecule has 0 saturated carbocycles. The molecule has 0 spiro atoms. The molecule has 0 saturated heterocycles. The number of carbonyl (C=O) groups excluding carboxylic acids is 1. The molecule has 1 N–H and O–H groups in total. The SMILES string of the molecule is O=C(O)Cc1ccc2c(c1)C(=O)c1cc(C(F)(F)F)ccc1CO2. The minimum Gasteiger partial charge on any atom is -0.488 e. The number of alkyl halides is 3. The molecular weight excluding hydrogens is 325 g/mol. The van der Waals surface area contributed by atoms with E-state index in [9.17, 15) is 22.8 Å². The van der Waals surface area contributed by atoms with Gasteiger partial charge in [-0.1, -0.05) is 12.1 Å². The van der Waals surface area contributed by atoms with Crippen LogP contribution in [0.1, 0.15) is 32.6 Å². The molecule has 2 aromatic rings. The zero-order valence-corrected chi connectivity index (χ0v) is 12.2. The number of fused-ring (bicyclic) bond motifs is 2. The molecule has 0 fully saturated rings. The fourth-order valence-corrected chi connectivity index (χ4v) is 2.56. The van der Waals surface area contributed by atoms with Gasteiger partial charge in [-0.3, -0.25) is 9.59 Å². The van der Waals surface area contributed by atoms with Crippen LogP contribution in [0.25, 0.3) is 0 Å². The van der Waals surface area contributed by atoms with Crippen LogP contribution in [0.5, 0.6) is 5.75 Å². The van der Waals surface area contributed by atoms with E-state index < -0.39 is 23.5 Å². The largest absolute Gasteiger partial charge is 0.488 e. The van der Waals surface area contributed by atoms with Crippen LogP contribution in [0.2, 0.25) is 0 Å². The van der Waals surface area contributed by atoms with Gasteiger partial charge >= 0.3 is 12.1 Å². The molecule has 1 aliphatic rings. The first-order valence-corrected chi connectivity index (χ1v) is 6.98. The highest BCUT2D eigenvalue weighted by atomic mass is 19.4. The molecule has 124 valence electrons. The molecule has 24 heavy (non-hydrogen) atoms. The minimum atomic E-state index is -4.56. The highest BCUT2D eigenvalue weighted by molar-refractivity contribution is 6.12. The topological polar surface area (TPSA) is 63.6 Å². The van der Waals surface area contributed by atoms with Gasteiger partial charge in [-0.25, -0.2) is 0 Å². The van der Waals surface area contributed by atoms with Crippen molar-refractivity contribution in [1.29, 1.82) is 0 Å². The van der Waals surface area contributed by atoms with Crippen molar-refractivity contribution in [2.45, 2.75) is 19.2 Å². The average molecular weight is 336 g/mol. The fraction of sp³-hybridized carbons (Fsp3) is 0.176. The third-order valence-electron chi connectivity index (χ3n) is 3.71. The summed E-state index contributed by atoms with van der Waals surface area (Å²) in [5.41, 5.74) is -0.222. The molecule has 0 atom stereocenters. The summed E-state index contributed by atoms with van der Waals surface area (Å²) in [5.74, 6) is -1.47. The normalized spacial score (nSPS) is 13.5. The number of halogens is 3. The van der Waals surface area contributed by atoms with Gasteiger partial charge in [0.05, 0.1) is 17.5 Å². The Hall–Kier alpha value is -2.83. The highest BCUT2D eigenvalue weighted by Crippen LogP contribution is 2.34. The number of carboxylic acids is 1. The molecule has 4 nitrogen and oxygen atoms in total. The van der Waals surface area contributed by atoms with E-state index in [1.54, 1.807) is 0 Å². The van der Waals surface area contributed by atoms with Crippen LogP contribution in [-0.2, 0) is 24.0 Å². The smallest absolute Gasteiger partial charge is 0.416 e. The number of rotatable bonds is 2. The van der Waals surface area contributed by atoms with Crippen molar-refractivity contribution in [2.24, 2.45) is 0 Å². The van der Waals surface area contributed by atoms with Crippen molar-refractivity contribution in [3.05, 3.63) is 64.2 Å². The van der Waals surface area contributed by atoms with Crippen molar-refractivity contribution in [3.8, 4) is 5.75 Å². The molecular formula is C17H11F3O4. The Morgan fingerprint density at radius 2 is 1.88 bits per heavy atom. The number of hydrogen-bond donors (Lipinski definition) is 1. The molecule has 1 aliphatic heterocycles. The van der Waals surface area contributed by atoms with Gasteiger partial charge in [0, 0.05) is 11.1 Å². The van der Waals surface area contributed by atoms with Crippen LogP contribution in [0, 0.1) is 0 Å². The summed E-state index contributed by atoms with van der Waals surface area (Å²) in [6.45, 7) is -0.0372. The van der Waals surface area contributed by atoms with Gasteiger partial charge in [-0.2, -0.15) is 13.2 Å². The molecule has 0 bridgehead atoms. The highest BCUT2D eigenvalue weighted by Gasteiger charge is 2.33. The number of carboxylic acid groups (broad SMARTS) is 1. The van der Waals surface area contributed by atoms with Crippen LogP contribution in [0.4, 0.5) is 13.2 Å². The first-order chi connectivity index (χ1) is 11.3. The molecule has 2 aromatic carbocycles. The van der Waals surface area contributed by atoms with E-state index in [0.717, 1.165) is 12.1 Å². The summed E-state index contributed by atoms with van der Waals surface area (Å²) < 4.78 is 44.1. The van der Waals surface area contributed by atoms with Crippen molar-refractivity contribution >= 4 is 11.8 Å². The molecule has 0 unspecified atom stereocenters. The maximum Gasteiger partial charge on any atom is 0.416 e. The standard InChI is InChI=1S/C17H11F3O4/c18-17(19,20)11-3-2-10-8-24-14-4-1-9(6-15(21)22)5-13(14)16(23)12(10)7-11/h1-5,7H,6,8H2,(H,21,22). The maximum absolute atomic E-state index is 12.9. The van der Waals surface area contributed by atoms with Crippen molar-refractivity contribution in [1.82, 2.24) is 0 Å². The van der Waals surface area contributed by atoms with Crippen LogP contribution >= 0.6 is 0 Å². The van der Waals surface area contributed by atoms with Gasteiger partial charge in [0.1, 0.15) is 12.4 Å². The molecule has 1 heterocycles. The number of hydrogen-bond acceptors (Lipinski definition) is 3. The fourth-order valence-electron chi connectivity index (χ4n) is 2.56. The van der Waals surface area contributed by atoms with E-state index in [1.807, 2.05) is 0 Å². The van der Waals surface area contributed by atoms with E-state index >= 15 is 0 Å². The second kappa shape index (κ2) is 5.67. The second-order valence-corrected chi connectivity index (χ2v) is 5.39. The van der Waals surface area contributed by atoms with E-state index in [1.165, 1.54) is 24.3 Å². The van der Waals surface area contributed by atoms with Crippen LogP contribution in [0.3, 0.4) is 0 Å². The van der Waals surface area contributed by atoms with E-state index in [2.05, 4.69) is 0 Å². The molecule has 0 amide bonds. The lowest BCUT2D eigenvalue weighted by Crippen LogP contribution is -2.10. The molecule has 7 heteroatoms. The lowest BCUT2D eigenvalue weighted by Gasteiger charge is -2.10. The molecule has 0 aliphatic carbocycles. The lowest BCUT2D eigenvalue weighted by atomic mass is 9.95. The lowest BCUT2D eigenvalue weighted by molar-refractivity contribution is -0.138. The van der Waals surface area contributed by atoms with Gasteiger partial charge < -0.3 is 9.84 Å². The van der Waals surface area contributed by atoms with Gasteiger partial charge in [0.15, 0.2) is 5.78 Å². The molecule has 0 radical (unpaired) electrons. The first kappa shape index (κ1) is 16.0. The third kappa shape index (κ3) is 2.97. The van der Waals surface area contributed by atoms with Crippen molar-refractivity contribution in [3.63, 3.8) is 0 Å². The maximum atomic E-state index is 12.9. The molecule has 3 rings (SSSR count). The summed E-state index contributed by atoms with van der Waals surface area (Å²) in [7, 11) is 0. The van der Waals surface area contributed by atoms with Gasteiger partial charge in [-0.05, 0) is 29.8 Å². The number of carbonyl (C=O) groups is 2. The number of ether oxygens (including phenoxy) is 1. The Labute approximate surface area is 134 Å². The Bertz CT molecular complexity index is 840. The Balaban J connectivity index is 2.09. The quantitative estimate of drug-likeness (QED) is 0.912. The van der Waals surface area contributed by atoms with Gasteiger partial charge in [0.25, 0.3) is 0 Å². The summed E-state index contributed by atoms with van der Waals surface area (Å²) in [4.78, 5) is 23.4. The third-order valence-corrected chi connectivity index (χ3v) is 3.71. The Morgan fingerprint density at radius 1 is 1.12 bits per heavy atom. The van der Waals surface area contributed by atoms with Crippen LogP contribution in [-0.4, -0.2) is 16.9 Å². The average Bonchev–Trinajstić information content (AvgIpc) is 2.63. The van der Waals surface area contributed by atoms with E-state index in [-0.39, 0.29) is 29.9 Å². The predicted molar refractivity (Wildman–Crippen MR) is 77.0 cm³/mol. The number of benzene rings is 2.